The second-order valence-corrected chi connectivity index (χ2v) is 5.06. The molecule has 0 bridgehead atoms. The molecule has 0 atom stereocenters. The molecular formula is C15H20N2O. The summed E-state index contributed by atoms with van der Waals surface area (Å²) in [4.78, 5) is 4.51. The van der Waals surface area contributed by atoms with Crippen molar-refractivity contribution in [1.29, 1.82) is 0 Å². The monoisotopic (exact) mass is 244 g/mol. The van der Waals surface area contributed by atoms with Crippen LogP contribution in [0.2, 0.25) is 0 Å². The lowest BCUT2D eigenvalue weighted by molar-refractivity contribution is 0.560. The van der Waals surface area contributed by atoms with Crippen molar-refractivity contribution >= 4 is 0 Å². The molecule has 0 saturated carbocycles. The van der Waals surface area contributed by atoms with E-state index in [9.17, 15) is 0 Å². The molecule has 0 aliphatic heterocycles. The Labute approximate surface area is 108 Å². The van der Waals surface area contributed by atoms with E-state index >= 15 is 0 Å². The molecule has 0 saturated heterocycles. The summed E-state index contributed by atoms with van der Waals surface area (Å²) in [6, 6.07) is 6.79. The number of rotatable bonds is 4. The van der Waals surface area contributed by atoms with Gasteiger partial charge in [-0.05, 0) is 26.0 Å². The van der Waals surface area contributed by atoms with Crippen LogP contribution in [0.3, 0.4) is 0 Å². The Morgan fingerprint density at radius 3 is 2.44 bits per heavy atom. The zero-order chi connectivity index (χ0) is 13.1. The van der Waals surface area contributed by atoms with E-state index in [2.05, 4.69) is 56.2 Å². The highest BCUT2D eigenvalue weighted by molar-refractivity contribution is 5.56. The molecule has 0 fully saturated rings. The van der Waals surface area contributed by atoms with Gasteiger partial charge in [-0.25, -0.2) is 4.98 Å². The average molecular weight is 244 g/mol. The molecule has 0 unspecified atom stereocenters. The third-order valence-electron chi connectivity index (χ3n) is 2.71. The van der Waals surface area contributed by atoms with Crippen LogP contribution in [0.5, 0.6) is 0 Å². The summed E-state index contributed by atoms with van der Waals surface area (Å²) in [5.41, 5.74) is 4.44. The van der Waals surface area contributed by atoms with Crippen LogP contribution in [0, 0.1) is 13.8 Å². The van der Waals surface area contributed by atoms with E-state index in [0.717, 1.165) is 17.8 Å². The minimum Gasteiger partial charge on any atom is -0.444 e. The van der Waals surface area contributed by atoms with E-state index < -0.39 is 0 Å². The summed E-state index contributed by atoms with van der Waals surface area (Å²) in [5, 5.41) is 3.33. The Balaban J connectivity index is 2.18. The highest BCUT2D eigenvalue weighted by Gasteiger charge is 2.07. The lowest BCUT2D eigenvalue weighted by Gasteiger charge is -2.04. The highest BCUT2D eigenvalue weighted by atomic mass is 16.3. The second kappa shape index (κ2) is 5.36. The van der Waals surface area contributed by atoms with Crippen LogP contribution in [0.15, 0.2) is 28.9 Å². The van der Waals surface area contributed by atoms with Crippen LogP contribution in [0.4, 0.5) is 0 Å². The first-order chi connectivity index (χ1) is 8.54. The maximum absolute atomic E-state index is 5.54. The molecule has 2 aromatic rings. The highest BCUT2D eigenvalue weighted by Crippen LogP contribution is 2.21. The van der Waals surface area contributed by atoms with Crippen molar-refractivity contribution in [1.82, 2.24) is 10.3 Å². The Morgan fingerprint density at radius 1 is 1.17 bits per heavy atom. The first-order valence-electron chi connectivity index (χ1n) is 6.31. The van der Waals surface area contributed by atoms with Gasteiger partial charge in [0.05, 0.1) is 5.69 Å². The molecule has 96 valence electrons. The molecule has 0 aliphatic rings. The standard InChI is InChI=1S/C15H20N2O/c1-10(2)16-8-14-9-18-15(17-14)13-6-11(3)5-12(4)7-13/h5-7,9-10,16H,8H2,1-4H3. The summed E-state index contributed by atoms with van der Waals surface area (Å²) in [6.45, 7) is 9.14. The Hall–Kier alpha value is -1.61. The summed E-state index contributed by atoms with van der Waals surface area (Å²) >= 11 is 0. The fraction of sp³-hybridized carbons (Fsp3) is 0.400. The number of benzene rings is 1. The molecule has 1 aromatic carbocycles. The summed E-state index contributed by atoms with van der Waals surface area (Å²) in [7, 11) is 0. The van der Waals surface area contributed by atoms with Gasteiger partial charge in [0.2, 0.25) is 5.89 Å². The number of nitrogens with zero attached hydrogens (tertiary/aromatic N) is 1. The van der Waals surface area contributed by atoms with Crippen molar-refractivity contribution in [3.8, 4) is 11.5 Å². The maximum Gasteiger partial charge on any atom is 0.226 e. The Bertz CT molecular complexity index is 509. The third kappa shape index (κ3) is 3.20. The minimum atomic E-state index is 0.450. The number of hydrogen-bond donors (Lipinski definition) is 1. The van der Waals surface area contributed by atoms with E-state index in [0.29, 0.717) is 11.9 Å². The third-order valence-corrected chi connectivity index (χ3v) is 2.71. The fourth-order valence-electron chi connectivity index (χ4n) is 1.93. The van der Waals surface area contributed by atoms with E-state index in [1.807, 2.05) is 0 Å². The van der Waals surface area contributed by atoms with Crippen LogP contribution in [-0.2, 0) is 6.54 Å². The molecule has 3 nitrogen and oxygen atoms in total. The number of aryl methyl sites for hydroxylation is 2. The molecule has 1 N–H and O–H groups in total. The van der Waals surface area contributed by atoms with E-state index in [4.69, 9.17) is 4.42 Å². The fourth-order valence-corrected chi connectivity index (χ4v) is 1.93. The molecule has 0 radical (unpaired) electrons. The first kappa shape index (κ1) is 12.8. The number of hydrogen-bond acceptors (Lipinski definition) is 3. The Morgan fingerprint density at radius 2 is 1.83 bits per heavy atom. The molecule has 3 heteroatoms. The van der Waals surface area contributed by atoms with Crippen molar-refractivity contribution < 1.29 is 4.42 Å². The van der Waals surface area contributed by atoms with E-state index in [1.165, 1.54) is 11.1 Å². The van der Waals surface area contributed by atoms with Crippen molar-refractivity contribution in [2.45, 2.75) is 40.3 Å². The minimum absolute atomic E-state index is 0.450. The zero-order valence-electron chi connectivity index (χ0n) is 11.4. The topological polar surface area (TPSA) is 38.1 Å². The van der Waals surface area contributed by atoms with Gasteiger partial charge >= 0.3 is 0 Å². The maximum atomic E-state index is 5.54. The molecule has 18 heavy (non-hydrogen) atoms. The zero-order valence-corrected chi connectivity index (χ0v) is 11.4. The van der Waals surface area contributed by atoms with Gasteiger partial charge in [0.25, 0.3) is 0 Å². The van der Waals surface area contributed by atoms with Crippen LogP contribution in [0.25, 0.3) is 11.5 Å². The summed E-state index contributed by atoms with van der Waals surface area (Å²) in [6.07, 6.45) is 1.72. The lowest BCUT2D eigenvalue weighted by Crippen LogP contribution is -2.21. The largest absolute Gasteiger partial charge is 0.444 e. The lowest BCUT2D eigenvalue weighted by atomic mass is 10.1. The first-order valence-corrected chi connectivity index (χ1v) is 6.31. The van der Waals surface area contributed by atoms with Crippen LogP contribution >= 0.6 is 0 Å². The van der Waals surface area contributed by atoms with Gasteiger partial charge in [0, 0.05) is 18.2 Å². The van der Waals surface area contributed by atoms with Crippen molar-refractivity contribution in [2.75, 3.05) is 0 Å². The molecule has 0 amide bonds. The summed E-state index contributed by atoms with van der Waals surface area (Å²) < 4.78 is 5.54. The molecule has 2 rings (SSSR count). The predicted octanol–water partition coefficient (Wildman–Crippen LogP) is 3.46. The van der Waals surface area contributed by atoms with Gasteiger partial charge in [-0.15, -0.1) is 0 Å². The van der Waals surface area contributed by atoms with Gasteiger partial charge in [-0.3, -0.25) is 0 Å². The molecule has 1 aromatic heterocycles. The predicted molar refractivity (Wildman–Crippen MR) is 73.4 cm³/mol. The van der Waals surface area contributed by atoms with Gasteiger partial charge in [-0.2, -0.15) is 0 Å². The number of nitrogens with one attached hydrogen (secondary N) is 1. The van der Waals surface area contributed by atoms with Crippen LogP contribution in [-0.4, -0.2) is 11.0 Å². The van der Waals surface area contributed by atoms with Gasteiger partial charge in [0.1, 0.15) is 6.26 Å². The average Bonchev–Trinajstić information content (AvgIpc) is 2.73. The van der Waals surface area contributed by atoms with Gasteiger partial charge in [0.15, 0.2) is 0 Å². The normalized spacial score (nSPS) is 11.2. The Kier molecular flexibility index (Phi) is 3.82. The SMILES string of the molecule is Cc1cc(C)cc(-c2nc(CNC(C)C)co2)c1. The van der Waals surface area contributed by atoms with Crippen molar-refractivity contribution in [3.63, 3.8) is 0 Å². The number of aromatic nitrogens is 1. The molecule has 0 spiro atoms. The second-order valence-electron chi connectivity index (χ2n) is 5.06. The molecule has 1 heterocycles. The van der Waals surface area contributed by atoms with Crippen LogP contribution < -0.4 is 5.32 Å². The molecular weight excluding hydrogens is 224 g/mol. The summed E-state index contributed by atoms with van der Waals surface area (Å²) in [5.74, 6) is 0.697. The quantitative estimate of drug-likeness (QED) is 0.895. The van der Waals surface area contributed by atoms with E-state index in [1.54, 1.807) is 6.26 Å². The van der Waals surface area contributed by atoms with Crippen molar-refractivity contribution in [3.05, 3.63) is 41.3 Å². The smallest absolute Gasteiger partial charge is 0.226 e. The van der Waals surface area contributed by atoms with Crippen molar-refractivity contribution in [2.24, 2.45) is 0 Å². The number of oxazole rings is 1. The van der Waals surface area contributed by atoms with Crippen LogP contribution in [0.1, 0.15) is 30.7 Å². The van der Waals surface area contributed by atoms with Gasteiger partial charge < -0.3 is 9.73 Å². The van der Waals surface area contributed by atoms with Gasteiger partial charge in [-0.1, -0.05) is 31.0 Å². The molecule has 0 aliphatic carbocycles. The van der Waals surface area contributed by atoms with E-state index in [-0.39, 0.29) is 0 Å².